The Bertz CT molecular complexity index is 1030. The SMILES string of the molecule is Cn1c(=O)n(C2CCC(=O)N(COCC[Si](C)(C)C)C2=O)c2ccc(I)c(F)c21. The van der Waals surface area contributed by atoms with Crippen molar-refractivity contribution in [2.24, 2.45) is 7.05 Å². The Balaban J connectivity index is 1.89. The summed E-state index contributed by atoms with van der Waals surface area (Å²) in [5, 5.41) is 0. The normalized spacial score (nSPS) is 18.1. The Morgan fingerprint density at radius 3 is 2.59 bits per heavy atom. The summed E-state index contributed by atoms with van der Waals surface area (Å²) in [7, 11) is 0.195. The monoisotopic (exact) mass is 533 g/mol. The number of imidazole rings is 1. The largest absolute Gasteiger partial charge is 0.361 e. The van der Waals surface area contributed by atoms with E-state index in [2.05, 4.69) is 19.6 Å². The minimum atomic E-state index is -1.29. The first kappa shape index (κ1) is 22.2. The van der Waals surface area contributed by atoms with Gasteiger partial charge in [-0.2, -0.15) is 0 Å². The number of hydrogen-bond acceptors (Lipinski definition) is 4. The predicted octanol–water partition coefficient (Wildman–Crippen LogP) is 3.09. The predicted molar refractivity (Wildman–Crippen MR) is 119 cm³/mol. The molecule has 1 atom stereocenters. The van der Waals surface area contributed by atoms with Crippen molar-refractivity contribution in [2.75, 3.05) is 13.3 Å². The van der Waals surface area contributed by atoms with Gasteiger partial charge >= 0.3 is 5.69 Å². The van der Waals surface area contributed by atoms with Crippen molar-refractivity contribution in [3.63, 3.8) is 0 Å². The van der Waals surface area contributed by atoms with E-state index < -0.39 is 31.5 Å². The van der Waals surface area contributed by atoms with E-state index in [1.165, 1.54) is 16.2 Å². The third-order valence-electron chi connectivity index (χ3n) is 5.15. The second-order valence-corrected chi connectivity index (χ2v) is 15.3. The minimum absolute atomic E-state index is 0.121. The molecule has 1 saturated heterocycles. The molecule has 29 heavy (non-hydrogen) atoms. The number of carbonyl (C=O) groups excluding carboxylic acids is 2. The Kier molecular flexibility index (Phi) is 6.34. The van der Waals surface area contributed by atoms with E-state index in [0.29, 0.717) is 15.7 Å². The summed E-state index contributed by atoms with van der Waals surface area (Å²) in [5.74, 6) is -1.29. The number of nitrogens with zero attached hydrogens (tertiary/aromatic N) is 3. The Hall–Kier alpha value is -1.53. The van der Waals surface area contributed by atoms with E-state index in [1.807, 2.05) is 22.6 Å². The van der Waals surface area contributed by atoms with Crippen LogP contribution in [0.2, 0.25) is 25.7 Å². The lowest BCUT2D eigenvalue weighted by Gasteiger charge is -2.31. The first-order valence-electron chi connectivity index (χ1n) is 9.50. The van der Waals surface area contributed by atoms with E-state index in [0.717, 1.165) is 10.9 Å². The minimum Gasteiger partial charge on any atom is -0.361 e. The molecule has 0 spiro atoms. The first-order valence-corrected chi connectivity index (χ1v) is 14.3. The van der Waals surface area contributed by atoms with E-state index in [9.17, 15) is 18.8 Å². The number of benzene rings is 1. The number of aromatic nitrogens is 2. The Morgan fingerprint density at radius 2 is 1.93 bits per heavy atom. The third kappa shape index (κ3) is 4.33. The summed E-state index contributed by atoms with van der Waals surface area (Å²) < 4.78 is 23.1. The van der Waals surface area contributed by atoms with Gasteiger partial charge in [0, 0.05) is 28.1 Å². The zero-order valence-electron chi connectivity index (χ0n) is 17.0. The van der Waals surface area contributed by atoms with E-state index >= 15 is 0 Å². The molecule has 1 aromatic carbocycles. The summed E-state index contributed by atoms with van der Waals surface area (Å²) in [6.07, 6.45) is 0.333. The van der Waals surface area contributed by atoms with Crippen molar-refractivity contribution in [1.29, 1.82) is 0 Å². The number of rotatable bonds is 6. The van der Waals surface area contributed by atoms with Crippen LogP contribution in [0.15, 0.2) is 16.9 Å². The summed E-state index contributed by atoms with van der Waals surface area (Å²) in [6, 6.07) is 3.28. The lowest BCUT2D eigenvalue weighted by Crippen LogP contribution is -2.48. The van der Waals surface area contributed by atoms with Gasteiger partial charge in [0.15, 0.2) is 5.82 Å². The third-order valence-corrected chi connectivity index (χ3v) is 7.69. The quantitative estimate of drug-likeness (QED) is 0.248. The maximum atomic E-state index is 14.6. The lowest BCUT2D eigenvalue weighted by atomic mass is 10.0. The second kappa shape index (κ2) is 8.30. The van der Waals surface area contributed by atoms with Crippen LogP contribution in [0.25, 0.3) is 11.0 Å². The van der Waals surface area contributed by atoms with Crippen LogP contribution < -0.4 is 5.69 Å². The van der Waals surface area contributed by atoms with Gasteiger partial charge in [-0.05, 0) is 47.2 Å². The number of halogens is 2. The fourth-order valence-electron chi connectivity index (χ4n) is 3.44. The van der Waals surface area contributed by atoms with Gasteiger partial charge < -0.3 is 4.74 Å². The number of imide groups is 1. The molecule has 10 heteroatoms. The van der Waals surface area contributed by atoms with Gasteiger partial charge in [-0.15, -0.1) is 0 Å². The van der Waals surface area contributed by atoms with Crippen LogP contribution in [0.4, 0.5) is 4.39 Å². The molecule has 1 unspecified atom stereocenters. The molecule has 158 valence electrons. The molecular formula is C19H25FIN3O4Si. The molecule has 0 N–H and O–H groups in total. The highest BCUT2D eigenvalue weighted by atomic mass is 127. The van der Waals surface area contributed by atoms with Gasteiger partial charge in [-0.1, -0.05) is 19.6 Å². The highest BCUT2D eigenvalue weighted by molar-refractivity contribution is 14.1. The van der Waals surface area contributed by atoms with Gasteiger partial charge in [0.25, 0.3) is 5.91 Å². The molecule has 1 aromatic heterocycles. The highest BCUT2D eigenvalue weighted by Crippen LogP contribution is 2.29. The summed E-state index contributed by atoms with van der Waals surface area (Å²) in [6.45, 7) is 7.02. The van der Waals surface area contributed by atoms with Crippen LogP contribution >= 0.6 is 22.6 Å². The summed E-state index contributed by atoms with van der Waals surface area (Å²) >= 11 is 1.87. The molecule has 7 nitrogen and oxygen atoms in total. The molecule has 2 amide bonds. The number of hydrogen-bond donors (Lipinski definition) is 0. The smallest absolute Gasteiger partial charge is 0.329 e. The van der Waals surface area contributed by atoms with Crippen molar-refractivity contribution in [2.45, 2.75) is 44.6 Å². The van der Waals surface area contributed by atoms with Crippen molar-refractivity contribution >= 4 is 53.5 Å². The average Bonchev–Trinajstić information content (AvgIpc) is 2.88. The van der Waals surface area contributed by atoms with Crippen molar-refractivity contribution in [1.82, 2.24) is 14.0 Å². The van der Waals surface area contributed by atoms with Crippen molar-refractivity contribution in [3.05, 3.63) is 32.0 Å². The molecule has 0 aliphatic carbocycles. The van der Waals surface area contributed by atoms with Gasteiger partial charge in [0.05, 0.1) is 9.09 Å². The number of ether oxygens (including phenoxy) is 1. The molecule has 1 fully saturated rings. The van der Waals surface area contributed by atoms with Crippen molar-refractivity contribution < 1.29 is 18.7 Å². The maximum absolute atomic E-state index is 14.6. The molecule has 1 aliphatic heterocycles. The maximum Gasteiger partial charge on any atom is 0.329 e. The summed E-state index contributed by atoms with van der Waals surface area (Å²) in [4.78, 5) is 39.3. The van der Waals surface area contributed by atoms with Crippen LogP contribution in [0, 0.1) is 9.39 Å². The molecule has 2 heterocycles. The van der Waals surface area contributed by atoms with Gasteiger partial charge in [0.1, 0.15) is 18.3 Å². The van der Waals surface area contributed by atoms with E-state index in [1.54, 1.807) is 12.1 Å². The molecule has 0 saturated carbocycles. The molecule has 0 radical (unpaired) electrons. The number of aryl methyl sites for hydroxylation is 1. The van der Waals surface area contributed by atoms with Crippen LogP contribution in [-0.2, 0) is 21.4 Å². The summed E-state index contributed by atoms with van der Waals surface area (Å²) in [5.41, 5.74) is 0.0282. The Labute approximate surface area is 183 Å². The number of carbonyl (C=O) groups is 2. The number of likely N-dealkylation sites (tertiary alicyclic amines) is 1. The van der Waals surface area contributed by atoms with E-state index in [-0.39, 0.29) is 31.0 Å². The number of amides is 2. The van der Waals surface area contributed by atoms with E-state index in [4.69, 9.17) is 4.74 Å². The molecular weight excluding hydrogens is 508 g/mol. The zero-order chi connectivity index (χ0) is 21.5. The molecule has 0 bridgehead atoms. The lowest BCUT2D eigenvalue weighted by molar-refractivity contribution is -0.157. The van der Waals surface area contributed by atoms with Gasteiger partial charge in [0.2, 0.25) is 5.91 Å². The fraction of sp³-hybridized carbons (Fsp3) is 0.526. The fourth-order valence-corrected chi connectivity index (χ4v) is 4.63. The molecule has 1 aliphatic rings. The zero-order valence-corrected chi connectivity index (χ0v) is 20.2. The molecule has 2 aromatic rings. The first-order chi connectivity index (χ1) is 13.5. The number of piperidine rings is 1. The average molecular weight is 533 g/mol. The van der Waals surface area contributed by atoms with Gasteiger partial charge in [-0.25, -0.2) is 9.18 Å². The topological polar surface area (TPSA) is 73.5 Å². The van der Waals surface area contributed by atoms with Gasteiger partial charge in [-0.3, -0.25) is 23.6 Å². The van der Waals surface area contributed by atoms with Crippen LogP contribution in [0.1, 0.15) is 18.9 Å². The highest BCUT2D eigenvalue weighted by Gasteiger charge is 2.37. The van der Waals surface area contributed by atoms with Crippen molar-refractivity contribution in [3.8, 4) is 0 Å². The second-order valence-electron chi connectivity index (χ2n) is 8.50. The van der Waals surface area contributed by atoms with Crippen LogP contribution in [0.5, 0.6) is 0 Å². The Morgan fingerprint density at radius 1 is 1.24 bits per heavy atom. The standard InChI is InChI=1S/C19H25FIN3O4Si/c1-22-17-13(6-5-12(21)16(17)20)24(19(22)27)14-7-8-15(25)23(18(14)26)11-28-9-10-29(2,3)4/h5-6,14H,7-11H2,1-4H3. The molecule has 3 rings (SSSR count). The van der Waals surface area contributed by atoms with Crippen LogP contribution in [-0.4, -0.2) is 47.3 Å². The van der Waals surface area contributed by atoms with Crippen LogP contribution in [0.3, 0.4) is 0 Å². The number of fused-ring (bicyclic) bond motifs is 1.